The van der Waals surface area contributed by atoms with Crippen LogP contribution in [0.3, 0.4) is 0 Å². The molecule has 0 aromatic carbocycles. The molecule has 36 heavy (non-hydrogen) atoms. The highest BCUT2D eigenvalue weighted by Crippen LogP contribution is 2.25. The molecular weight excluding hydrogens is 458 g/mol. The SMILES string of the molecule is CCCCCCCC/C=C/CCCC[N+](CC(CC)C(=O)O)(CC(CC)C(=O)O)CC(CC)C(=O)O. The van der Waals surface area contributed by atoms with E-state index < -0.39 is 35.7 Å². The molecule has 3 atom stereocenters. The Morgan fingerprint density at radius 1 is 0.583 bits per heavy atom. The van der Waals surface area contributed by atoms with Gasteiger partial charge in [0.05, 0.1) is 26.2 Å². The Bertz CT molecular complexity index is 588. The van der Waals surface area contributed by atoms with Gasteiger partial charge in [0, 0.05) is 0 Å². The van der Waals surface area contributed by atoms with E-state index in [0.717, 1.165) is 25.7 Å². The molecule has 0 spiro atoms. The molecule has 0 saturated carbocycles. The number of carbonyl (C=O) groups is 3. The maximum atomic E-state index is 11.9. The largest absolute Gasteiger partial charge is 0.481 e. The molecule has 3 unspecified atom stereocenters. The van der Waals surface area contributed by atoms with E-state index in [0.29, 0.717) is 25.8 Å². The predicted molar refractivity (Wildman–Crippen MR) is 145 cm³/mol. The molecule has 0 fully saturated rings. The maximum Gasteiger partial charge on any atom is 0.312 e. The fourth-order valence-corrected chi connectivity index (χ4v) is 5.03. The van der Waals surface area contributed by atoms with E-state index in [9.17, 15) is 29.7 Å². The summed E-state index contributed by atoms with van der Waals surface area (Å²) in [5.41, 5.74) is 0. The van der Waals surface area contributed by atoms with E-state index in [1.807, 2.05) is 20.8 Å². The lowest BCUT2D eigenvalue weighted by Gasteiger charge is -2.43. The van der Waals surface area contributed by atoms with Crippen LogP contribution in [0, 0.1) is 17.8 Å². The van der Waals surface area contributed by atoms with Crippen molar-refractivity contribution in [3.8, 4) is 0 Å². The number of allylic oxidation sites excluding steroid dienone is 2. The van der Waals surface area contributed by atoms with E-state index >= 15 is 0 Å². The molecule has 0 heterocycles. The van der Waals surface area contributed by atoms with Crippen LogP contribution in [0.5, 0.6) is 0 Å². The van der Waals surface area contributed by atoms with Crippen molar-refractivity contribution >= 4 is 17.9 Å². The van der Waals surface area contributed by atoms with Crippen molar-refractivity contribution in [2.24, 2.45) is 17.8 Å². The molecule has 0 radical (unpaired) electrons. The van der Waals surface area contributed by atoms with E-state index in [1.54, 1.807) is 0 Å². The number of rotatable bonds is 24. The van der Waals surface area contributed by atoms with Crippen LogP contribution < -0.4 is 0 Å². The van der Waals surface area contributed by atoms with Gasteiger partial charge < -0.3 is 19.8 Å². The predicted octanol–water partition coefficient (Wildman–Crippen LogP) is 6.61. The zero-order chi connectivity index (χ0) is 27.4. The highest BCUT2D eigenvalue weighted by molar-refractivity contribution is 5.71. The Morgan fingerprint density at radius 2 is 0.944 bits per heavy atom. The summed E-state index contributed by atoms with van der Waals surface area (Å²) in [5.74, 6) is -4.57. The van der Waals surface area contributed by atoms with Gasteiger partial charge in [0.25, 0.3) is 0 Å². The van der Waals surface area contributed by atoms with E-state index in [-0.39, 0.29) is 24.1 Å². The lowest BCUT2D eigenvalue weighted by molar-refractivity contribution is -0.935. The van der Waals surface area contributed by atoms with Crippen molar-refractivity contribution in [2.75, 3.05) is 26.2 Å². The van der Waals surface area contributed by atoms with Crippen molar-refractivity contribution < 1.29 is 34.2 Å². The van der Waals surface area contributed by atoms with Gasteiger partial charge in [-0.2, -0.15) is 0 Å². The molecule has 0 aliphatic rings. The number of hydrogen-bond acceptors (Lipinski definition) is 3. The van der Waals surface area contributed by atoms with Gasteiger partial charge in [0.2, 0.25) is 0 Å². The van der Waals surface area contributed by atoms with E-state index in [1.165, 1.54) is 38.5 Å². The maximum absolute atomic E-state index is 11.9. The lowest BCUT2D eigenvalue weighted by Crippen LogP contribution is -2.58. The number of carboxylic acid groups (broad SMARTS) is 3. The summed E-state index contributed by atoms with van der Waals surface area (Å²) in [7, 11) is 0. The summed E-state index contributed by atoms with van der Waals surface area (Å²) >= 11 is 0. The van der Waals surface area contributed by atoms with Gasteiger partial charge in [-0.25, -0.2) is 0 Å². The second-order valence-electron chi connectivity index (χ2n) is 10.5. The van der Waals surface area contributed by atoms with E-state index in [4.69, 9.17) is 0 Å². The third kappa shape index (κ3) is 14.6. The third-order valence-corrected chi connectivity index (χ3v) is 7.49. The van der Waals surface area contributed by atoms with Crippen molar-refractivity contribution in [1.82, 2.24) is 0 Å². The Hall–Kier alpha value is -1.89. The normalized spacial score (nSPS) is 15.9. The van der Waals surface area contributed by atoms with Gasteiger partial charge >= 0.3 is 17.9 Å². The van der Waals surface area contributed by atoms with Gasteiger partial charge in [-0.3, -0.25) is 14.4 Å². The minimum absolute atomic E-state index is 0.238. The Balaban J connectivity index is 5.31. The molecule has 7 nitrogen and oxygen atoms in total. The van der Waals surface area contributed by atoms with Crippen LogP contribution >= 0.6 is 0 Å². The Labute approximate surface area is 219 Å². The average molecular weight is 513 g/mol. The second-order valence-corrected chi connectivity index (χ2v) is 10.5. The number of quaternary nitrogens is 1. The number of aliphatic carboxylic acids is 3. The molecule has 7 heteroatoms. The summed E-state index contributed by atoms with van der Waals surface area (Å²) in [6, 6.07) is 0. The first-order valence-electron chi connectivity index (χ1n) is 14.3. The van der Waals surface area contributed by atoms with Crippen molar-refractivity contribution in [1.29, 1.82) is 0 Å². The minimum atomic E-state index is -0.899. The zero-order valence-electron chi connectivity index (χ0n) is 23.4. The van der Waals surface area contributed by atoms with Crippen LogP contribution in [-0.4, -0.2) is 63.9 Å². The van der Waals surface area contributed by atoms with Crippen LogP contribution in [0.1, 0.15) is 111 Å². The fraction of sp³-hybridized carbons (Fsp3) is 0.828. The van der Waals surface area contributed by atoms with Crippen molar-refractivity contribution in [2.45, 2.75) is 111 Å². The average Bonchev–Trinajstić information content (AvgIpc) is 2.84. The first-order valence-corrected chi connectivity index (χ1v) is 14.3. The minimum Gasteiger partial charge on any atom is -0.481 e. The molecule has 3 N–H and O–H groups in total. The molecule has 0 amide bonds. The monoisotopic (exact) mass is 512 g/mol. The first kappa shape index (κ1) is 34.1. The van der Waals surface area contributed by atoms with Gasteiger partial charge in [-0.1, -0.05) is 72.0 Å². The molecule has 0 aliphatic heterocycles. The highest BCUT2D eigenvalue weighted by Gasteiger charge is 2.40. The standard InChI is InChI=1S/C29H53NO6/c1-5-9-10-11-12-13-14-15-16-17-18-19-20-30(21-24(6-2)27(31)32,22-25(7-3)28(33)34)23-26(8-4)29(35)36/h15-16,24-26H,5-14,17-23H2,1-4H3,(H2-,31,32,33,34,35,36)/p+1/b16-15+. The summed E-state index contributed by atoms with van der Waals surface area (Å²) in [6.45, 7) is 9.11. The van der Waals surface area contributed by atoms with Gasteiger partial charge in [0.1, 0.15) is 17.8 Å². The molecule has 0 bridgehead atoms. The molecule has 210 valence electrons. The van der Waals surface area contributed by atoms with Crippen LogP contribution in [0.15, 0.2) is 12.2 Å². The Kier molecular flexibility index (Phi) is 19.1. The number of unbranched alkanes of at least 4 members (excludes halogenated alkanes) is 8. The second kappa shape index (κ2) is 20.2. The molecule has 0 aromatic rings. The summed E-state index contributed by atoms with van der Waals surface area (Å²) in [6.07, 6.45) is 17.2. The van der Waals surface area contributed by atoms with Gasteiger partial charge in [0.15, 0.2) is 0 Å². The highest BCUT2D eigenvalue weighted by atomic mass is 16.4. The smallest absolute Gasteiger partial charge is 0.312 e. The molecule has 0 aromatic heterocycles. The van der Waals surface area contributed by atoms with Gasteiger partial charge in [-0.15, -0.1) is 0 Å². The number of hydrogen-bond donors (Lipinski definition) is 3. The van der Waals surface area contributed by atoms with Crippen LogP contribution in [0.2, 0.25) is 0 Å². The topological polar surface area (TPSA) is 112 Å². The molecule has 0 saturated heterocycles. The van der Waals surface area contributed by atoms with Crippen LogP contribution in [-0.2, 0) is 14.4 Å². The summed E-state index contributed by atoms with van der Waals surface area (Å²) < 4.78 is 0.238. The van der Waals surface area contributed by atoms with Gasteiger partial charge in [-0.05, 0) is 51.4 Å². The zero-order valence-corrected chi connectivity index (χ0v) is 23.4. The van der Waals surface area contributed by atoms with Crippen LogP contribution in [0.4, 0.5) is 0 Å². The lowest BCUT2D eigenvalue weighted by atomic mass is 9.95. The molecule has 0 rings (SSSR count). The van der Waals surface area contributed by atoms with Crippen molar-refractivity contribution in [3.63, 3.8) is 0 Å². The summed E-state index contributed by atoms with van der Waals surface area (Å²) in [4.78, 5) is 35.7. The summed E-state index contributed by atoms with van der Waals surface area (Å²) in [5, 5.41) is 29.3. The third-order valence-electron chi connectivity index (χ3n) is 7.49. The molecule has 0 aliphatic carbocycles. The fourth-order valence-electron chi connectivity index (χ4n) is 5.03. The first-order chi connectivity index (χ1) is 17.2. The van der Waals surface area contributed by atoms with Crippen LogP contribution in [0.25, 0.3) is 0 Å². The number of carboxylic acids is 3. The number of nitrogens with zero attached hydrogens (tertiary/aromatic N) is 1. The Morgan fingerprint density at radius 3 is 1.31 bits per heavy atom. The van der Waals surface area contributed by atoms with Crippen molar-refractivity contribution in [3.05, 3.63) is 12.2 Å². The molecular formula is C29H54NO6+. The van der Waals surface area contributed by atoms with E-state index in [2.05, 4.69) is 19.1 Å². The quantitative estimate of drug-likeness (QED) is 0.0762.